The van der Waals surface area contributed by atoms with Gasteiger partial charge in [0.1, 0.15) is 18.1 Å². The SMILES string of the molecule is COc1ccc(OCC(C)Br)cc1. The van der Waals surface area contributed by atoms with Crippen molar-refractivity contribution in [2.45, 2.75) is 11.8 Å². The Morgan fingerprint density at radius 3 is 2.23 bits per heavy atom. The second kappa shape index (κ2) is 5.12. The Bertz CT molecular complexity index is 244. The number of methoxy groups -OCH3 is 1. The van der Waals surface area contributed by atoms with Gasteiger partial charge in [-0.15, -0.1) is 0 Å². The van der Waals surface area contributed by atoms with Gasteiger partial charge in [0.15, 0.2) is 0 Å². The fraction of sp³-hybridized carbons (Fsp3) is 0.400. The van der Waals surface area contributed by atoms with Crippen LogP contribution < -0.4 is 9.47 Å². The number of ether oxygens (including phenoxy) is 2. The van der Waals surface area contributed by atoms with E-state index >= 15 is 0 Å². The summed E-state index contributed by atoms with van der Waals surface area (Å²) < 4.78 is 10.5. The maximum atomic E-state index is 5.46. The molecular formula is C10H13BrO2. The van der Waals surface area contributed by atoms with Crippen molar-refractivity contribution >= 4 is 15.9 Å². The van der Waals surface area contributed by atoms with Crippen molar-refractivity contribution in [2.24, 2.45) is 0 Å². The van der Waals surface area contributed by atoms with Crippen LogP contribution in [0.3, 0.4) is 0 Å². The molecule has 0 aromatic heterocycles. The van der Waals surface area contributed by atoms with Crippen molar-refractivity contribution < 1.29 is 9.47 Å². The summed E-state index contributed by atoms with van der Waals surface area (Å²) in [5.74, 6) is 1.71. The Hall–Kier alpha value is -0.700. The summed E-state index contributed by atoms with van der Waals surface area (Å²) in [6.45, 7) is 2.72. The topological polar surface area (TPSA) is 18.5 Å². The van der Waals surface area contributed by atoms with E-state index in [0.717, 1.165) is 11.5 Å². The maximum Gasteiger partial charge on any atom is 0.119 e. The third kappa shape index (κ3) is 3.68. The predicted octanol–water partition coefficient (Wildman–Crippen LogP) is 2.86. The zero-order chi connectivity index (χ0) is 9.68. The highest BCUT2D eigenvalue weighted by Crippen LogP contribution is 2.17. The molecule has 0 saturated heterocycles. The van der Waals surface area contributed by atoms with Gasteiger partial charge in [-0.2, -0.15) is 0 Å². The van der Waals surface area contributed by atoms with Crippen LogP contribution in [0.2, 0.25) is 0 Å². The smallest absolute Gasteiger partial charge is 0.119 e. The minimum Gasteiger partial charge on any atom is -0.497 e. The lowest BCUT2D eigenvalue weighted by Crippen LogP contribution is -2.06. The molecule has 0 saturated carbocycles. The zero-order valence-corrected chi connectivity index (χ0v) is 9.37. The molecule has 72 valence electrons. The van der Waals surface area contributed by atoms with E-state index in [2.05, 4.69) is 15.9 Å². The van der Waals surface area contributed by atoms with E-state index in [9.17, 15) is 0 Å². The van der Waals surface area contributed by atoms with E-state index in [1.807, 2.05) is 31.2 Å². The third-order valence-corrected chi connectivity index (χ3v) is 1.80. The standard InChI is InChI=1S/C10H13BrO2/c1-8(11)7-13-10-5-3-9(12-2)4-6-10/h3-6,8H,7H2,1-2H3. The molecule has 1 unspecified atom stereocenters. The molecule has 0 heterocycles. The first-order valence-electron chi connectivity index (χ1n) is 4.13. The Balaban J connectivity index is 2.49. The molecular weight excluding hydrogens is 232 g/mol. The average molecular weight is 245 g/mol. The fourth-order valence-corrected chi connectivity index (χ4v) is 1.02. The maximum absolute atomic E-state index is 5.46. The third-order valence-electron chi connectivity index (χ3n) is 1.54. The molecule has 0 aliphatic carbocycles. The number of halogens is 1. The zero-order valence-electron chi connectivity index (χ0n) is 7.79. The fourth-order valence-electron chi connectivity index (χ4n) is 0.883. The monoisotopic (exact) mass is 244 g/mol. The van der Waals surface area contributed by atoms with Crippen molar-refractivity contribution in [2.75, 3.05) is 13.7 Å². The molecule has 0 spiro atoms. The second-order valence-electron chi connectivity index (χ2n) is 2.77. The van der Waals surface area contributed by atoms with Crippen LogP contribution in [0.15, 0.2) is 24.3 Å². The molecule has 1 aromatic carbocycles. The van der Waals surface area contributed by atoms with Crippen LogP contribution in [-0.4, -0.2) is 18.5 Å². The van der Waals surface area contributed by atoms with Gasteiger partial charge < -0.3 is 9.47 Å². The summed E-state index contributed by atoms with van der Waals surface area (Å²) in [5, 5.41) is 0. The van der Waals surface area contributed by atoms with Crippen LogP contribution in [0, 0.1) is 0 Å². The molecule has 13 heavy (non-hydrogen) atoms. The molecule has 0 N–H and O–H groups in total. The van der Waals surface area contributed by atoms with Gasteiger partial charge in [-0.05, 0) is 31.2 Å². The van der Waals surface area contributed by atoms with E-state index in [-0.39, 0.29) is 0 Å². The van der Waals surface area contributed by atoms with E-state index in [1.54, 1.807) is 7.11 Å². The van der Waals surface area contributed by atoms with Crippen LogP contribution >= 0.6 is 15.9 Å². The van der Waals surface area contributed by atoms with Gasteiger partial charge in [-0.3, -0.25) is 0 Å². The van der Waals surface area contributed by atoms with Crippen molar-refractivity contribution in [3.8, 4) is 11.5 Å². The molecule has 0 bridgehead atoms. The molecule has 1 atom stereocenters. The van der Waals surface area contributed by atoms with Gasteiger partial charge in [-0.1, -0.05) is 15.9 Å². The van der Waals surface area contributed by atoms with E-state index in [4.69, 9.17) is 9.47 Å². The Morgan fingerprint density at radius 1 is 1.23 bits per heavy atom. The first-order valence-corrected chi connectivity index (χ1v) is 5.05. The lowest BCUT2D eigenvalue weighted by molar-refractivity contribution is 0.323. The van der Waals surface area contributed by atoms with Crippen molar-refractivity contribution in [3.63, 3.8) is 0 Å². The van der Waals surface area contributed by atoms with Crippen molar-refractivity contribution in [1.82, 2.24) is 0 Å². The van der Waals surface area contributed by atoms with E-state index < -0.39 is 0 Å². The van der Waals surface area contributed by atoms with Gasteiger partial charge in [0.25, 0.3) is 0 Å². The van der Waals surface area contributed by atoms with Gasteiger partial charge >= 0.3 is 0 Å². The summed E-state index contributed by atoms with van der Waals surface area (Å²) in [4.78, 5) is 0.370. The first kappa shape index (κ1) is 10.4. The van der Waals surface area contributed by atoms with Gasteiger partial charge in [-0.25, -0.2) is 0 Å². The summed E-state index contributed by atoms with van der Waals surface area (Å²) in [6.07, 6.45) is 0. The number of rotatable bonds is 4. The van der Waals surface area contributed by atoms with E-state index in [1.165, 1.54) is 0 Å². The highest BCUT2D eigenvalue weighted by molar-refractivity contribution is 9.09. The number of hydrogen-bond donors (Lipinski definition) is 0. The molecule has 0 fully saturated rings. The molecule has 0 radical (unpaired) electrons. The Kier molecular flexibility index (Phi) is 4.09. The average Bonchev–Trinajstić information content (AvgIpc) is 2.15. The largest absolute Gasteiger partial charge is 0.497 e. The first-order chi connectivity index (χ1) is 6.22. The molecule has 0 aliphatic rings. The Morgan fingerprint density at radius 2 is 1.77 bits per heavy atom. The highest BCUT2D eigenvalue weighted by atomic mass is 79.9. The number of alkyl halides is 1. The normalized spacial score (nSPS) is 12.2. The molecule has 0 aliphatic heterocycles. The number of hydrogen-bond acceptors (Lipinski definition) is 2. The van der Waals surface area contributed by atoms with Crippen LogP contribution in [-0.2, 0) is 0 Å². The number of benzene rings is 1. The van der Waals surface area contributed by atoms with Gasteiger partial charge in [0.2, 0.25) is 0 Å². The predicted molar refractivity (Wildman–Crippen MR) is 56.9 cm³/mol. The lowest BCUT2D eigenvalue weighted by atomic mass is 10.3. The van der Waals surface area contributed by atoms with Crippen molar-refractivity contribution in [1.29, 1.82) is 0 Å². The summed E-state index contributed by atoms with van der Waals surface area (Å²) in [7, 11) is 1.65. The second-order valence-corrected chi connectivity index (χ2v) is 4.33. The lowest BCUT2D eigenvalue weighted by Gasteiger charge is -2.07. The summed E-state index contributed by atoms with van der Waals surface area (Å²) in [6, 6.07) is 7.56. The quantitative estimate of drug-likeness (QED) is 0.759. The van der Waals surface area contributed by atoms with Crippen LogP contribution in [0.5, 0.6) is 11.5 Å². The van der Waals surface area contributed by atoms with Gasteiger partial charge in [0, 0.05) is 4.83 Å². The molecule has 2 nitrogen and oxygen atoms in total. The molecule has 0 amide bonds. The van der Waals surface area contributed by atoms with Crippen LogP contribution in [0.1, 0.15) is 6.92 Å². The van der Waals surface area contributed by atoms with Gasteiger partial charge in [0.05, 0.1) is 7.11 Å². The molecule has 1 aromatic rings. The summed E-state index contributed by atoms with van der Waals surface area (Å²) in [5.41, 5.74) is 0. The molecule has 3 heteroatoms. The van der Waals surface area contributed by atoms with Crippen molar-refractivity contribution in [3.05, 3.63) is 24.3 Å². The van der Waals surface area contributed by atoms with Crippen LogP contribution in [0.4, 0.5) is 0 Å². The van der Waals surface area contributed by atoms with E-state index in [0.29, 0.717) is 11.4 Å². The molecule has 1 rings (SSSR count). The summed E-state index contributed by atoms with van der Waals surface area (Å²) >= 11 is 3.41. The Labute approximate surface area is 87.0 Å². The van der Waals surface area contributed by atoms with Crippen LogP contribution in [0.25, 0.3) is 0 Å². The highest BCUT2D eigenvalue weighted by Gasteiger charge is 1.98. The minimum absolute atomic E-state index is 0.370. The minimum atomic E-state index is 0.370.